The van der Waals surface area contributed by atoms with E-state index in [4.69, 9.17) is 4.74 Å². The molecule has 0 saturated carbocycles. The van der Waals surface area contributed by atoms with Crippen molar-refractivity contribution in [1.82, 2.24) is 0 Å². The maximum atomic E-state index is 12.5. The predicted octanol–water partition coefficient (Wildman–Crippen LogP) is 6.59. The maximum absolute atomic E-state index is 12.5. The fourth-order valence-electron chi connectivity index (χ4n) is 2.92. The van der Waals surface area contributed by atoms with Gasteiger partial charge in [-0.2, -0.15) is 0 Å². The number of carbonyl (C=O) groups is 1. The smallest absolute Gasteiger partial charge is 0.194 e. The lowest BCUT2D eigenvalue weighted by Gasteiger charge is -2.24. The van der Waals surface area contributed by atoms with Gasteiger partial charge in [0.25, 0.3) is 0 Å². The van der Waals surface area contributed by atoms with Gasteiger partial charge in [-0.15, -0.1) is 0 Å². The Kier molecular flexibility index (Phi) is 10.7. The van der Waals surface area contributed by atoms with E-state index in [9.17, 15) is 4.79 Å². The highest BCUT2D eigenvalue weighted by atomic mass is 16.5. The number of ether oxygens (including phenoxy) is 1. The summed E-state index contributed by atoms with van der Waals surface area (Å²) in [7, 11) is 0. The molecule has 0 aliphatic heterocycles. The van der Waals surface area contributed by atoms with Gasteiger partial charge in [0.1, 0.15) is 5.60 Å². The molecule has 0 atom stereocenters. The molecule has 2 nitrogen and oxygen atoms in total. The molecule has 1 rings (SSSR count). The van der Waals surface area contributed by atoms with Crippen LogP contribution in [0.5, 0.6) is 0 Å². The number of hydrogen-bond acceptors (Lipinski definition) is 2. The third-order valence-electron chi connectivity index (χ3n) is 4.54. The Morgan fingerprint density at radius 3 is 1.88 bits per heavy atom. The van der Waals surface area contributed by atoms with Gasteiger partial charge < -0.3 is 4.74 Å². The van der Waals surface area contributed by atoms with Crippen molar-refractivity contribution in [3.8, 4) is 0 Å². The second-order valence-corrected chi connectivity index (χ2v) is 7.24. The van der Waals surface area contributed by atoms with Crippen molar-refractivity contribution >= 4 is 5.78 Å². The van der Waals surface area contributed by atoms with Crippen LogP contribution in [0, 0.1) is 0 Å². The maximum Gasteiger partial charge on any atom is 0.194 e. The molecule has 0 aromatic heterocycles. The topological polar surface area (TPSA) is 26.3 Å². The number of rotatable bonds is 14. The van der Waals surface area contributed by atoms with E-state index in [1.165, 1.54) is 57.8 Å². The van der Waals surface area contributed by atoms with Gasteiger partial charge in [-0.1, -0.05) is 95.0 Å². The molecule has 0 saturated heterocycles. The van der Waals surface area contributed by atoms with Crippen LogP contribution in [0.4, 0.5) is 0 Å². The Hall–Kier alpha value is -1.15. The molecular weight excluding hydrogens is 296 g/mol. The van der Waals surface area contributed by atoms with Crippen LogP contribution in [-0.2, 0) is 4.74 Å². The lowest BCUT2D eigenvalue weighted by molar-refractivity contribution is -0.00588. The highest BCUT2D eigenvalue weighted by Gasteiger charge is 2.29. The number of Topliss-reactive ketones (excluding diaryl/α,β-unsaturated/α-hetero) is 1. The quantitative estimate of drug-likeness (QED) is 0.284. The molecule has 0 spiro atoms. The second kappa shape index (κ2) is 12.2. The molecule has 136 valence electrons. The van der Waals surface area contributed by atoms with E-state index >= 15 is 0 Å². The van der Waals surface area contributed by atoms with E-state index in [2.05, 4.69) is 6.92 Å². The summed E-state index contributed by atoms with van der Waals surface area (Å²) < 4.78 is 5.87. The molecule has 0 unspecified atom stereocenters. The Morgan fingerprint density at radius 1 is 0.833 bits per heavy atom. The number of unbranched alkanes of at least 4 members (excludes halogenated alkanes) is 9. The van der Waals surface area contributed by atoms with Gasteiger partial charge in [0.2, 0.25) is 0 Å². The van der Waals surface area contributed by atoms with Crippen LogP contribution >= 0.6 is 0 Å². The van der Waals surface area contributed by atoms with Crippen molar-refractivity contribution in [2.75, 3.05) is 6.61 Å². The number of benzene rings is 1. The molecule has 2 heteroatoms. The van der Waals surface area contributed by atoms with Crippen LogP contribution in [-0.4, -0.2) is 18.0 Å². The average Bonchev–Trinajstić information content (AvgIpc) is 2.59. The first-order chi connectivity index (χ1) is 11.6. The highest BCUT2D eigenvalue weighted by molar-refractivity contribution is 6.01. The first-order valence-corrected chi connectivity index (χ1v) is 9.81. The molecule has 0 aliphatic carbocycles. The van der Waals surface area contributed by atoms with E-state index in [0.29, 0.717) is 6.61 Å². The third kappa shape index (κ3) is 8.63. The summed E-state index contributed by atoms with van der Waals surface area (Å²) in [5.74, 6) is 0.0650. The first kappa shape index (κ1) is 20.9. The predicted molar refractivity (Wildman–Crippen MR) is 103 cm³/mol. The molecular formula is C22H36O2. The Morgan fingerprint density at radius 2 is 1.33 bits per heavy atom. The van der Waals surface area contributed by atoms with Gasteiger partial charge in [-0.25, -0.2) is 0 Å². The zero-order valence-electron chi connectivity index (χ0n) is 16.0. The average molecular weight is 333 g/mol. The summed E-state index contributed by atoms with van der Waals surface area (Å²) in [5.41, 5.74) is -0.00810. The molecule has 0 heterocycles. The zero-order valence-corrected chi connectivity index (χ0v) is 16.0. The minimum atomic E-state index is -0.735. The van der Waals surface area contributed by atoms with Crippen molar-refractivity contribution in [3.63, 3.8) is 0 Å². The Labute approximate surface area is 149 Å². The standard InChI is InChI=1S/C22H36O2/c1-4-5-6-7-8-9-10-11-12-16-19-24-22(2,3)21(23)20-17-14-13-15-18-20/h13-15,17-18H,4-12,16,19H2,1-3H3. The summed E-state index contributed by atoms with van der Waals surface area (Å²) in [6.45, 7) is 6.68. The lowest BCUT2D eigenvalue weighted by Crippen LogP contribution is -2.35. The third-order valence-corrected chi connectivity index (χ3v) is 4.54. The normalized spacial score (nSPS) is 11.6. The van der Waals surface area contributed by atoms with Gasteiger partial charge in [0.15, 0.2) is 5.78 Å². The van der Waals surface area contributed by atoms with Crippen LogP contribution < -0.4 is 0 Å². The Balaban J connectivity index is 2.06. The van der Waals surface area contributed by atoms with Crippen LogP contribution in [0.25, 0.3) is 0 Å². The monoisotopic (exact) mass is 332 g/mol. The second-order valence-electron chi connectivity index (χ2n) is 7.24. The molecule has 0 amide bonds. The molecule has 0 N–H and O–H groups in total. The fraction of sp³-hybridized carbons (Fsp3) is 0.682. The van der Waals surface area contributed by atoms with Crippen molar-refractivity contribution in [2.24, 2.45) is 0 Å². The first-order valence-electron chi connectivity index (χ1n) is 9.81. The van der Waals surface area contributed by atoms with E-state index < -0.39 is 5.60 Å². The molecule has 24 heavy (non-hydrogen) atoms. The SMILES string of the molecule is CCCCCCCCCCCCOC(C)(C)C(=O)c1ccccc1. The van der Waals surface area contributed by atoms with Gasteiger partial charge >= 0.3 is 0 Å². The van der Waals surface area contributed by atoms with Crippen molar-refractivity contribution < 1.29 is 9.53 Å². The molecule has 0 aliphatic rings. The largest absolute Gasteiger partial charge is 0.367 e. The molecule has 1 aromatic carbocycles. The van der Waals surface area contributed by atoms with Crippen molar-refractivity contribution in [2.45, 2.75) is 90.6 Å². The molecule has 0 bridgehead atoms. The van der Waals surface area contributed by atoms with Gasteiger partial charge in [-0.3, -0.25) is 4.79 Å². The van der Waals surface area contributed by atoms with Crippen LogP contribution in [0.1, 0.15) is 95.3 Å². The summed E-state index contributed by atoms with van der Waals surface area (Å²) in [5, 5.41) is 0. The number of carbonyl (C=O) groups excluding carboxylic acids is 1. The molecule has 0 fully saturated rings. The molecule has 0 radical (unpaired) electrons. The lowest BCUT2D eigenvalue weighted by atomic mass is 9.96. The summed E-state index contributed by atoms with van der Waals surface area (Å²) in [6, 6.07) is 9.42. The van der Waals surface area contributed by atoms with E-state index in [0.717, 1.165) is 12.0 Å². The van der Waals surface area contributed by atoms with Gasteiger partial charge in [0.05, 0.1) is 0 Å². The highest BCUT2D eigenvalue weighted by Crippen LogP contribution is 2.18. The minimum Gasteiger partial charge on any atom is -0.367 e. The van der Waals surface area contributed by atoms with Crippen molar-refractivity contribution in [1.29, 1.82) is 0 Å². The number of ketones is 1. The molecule has 1 aromatic rings. The summed E-state index contributed by atoms with van der Waals surface area (Å²) in [6.07, 6.45) is 13.1. The summed E-state index contributed by atoms with van der Waals surface area (Å²) >= 11 is 0. The number of hydrogen-bond donors (Lipinski definition) is 0. The van der Waals surface area contributed by atoms with E-state index in [-0.39, 0.29) is 5.78 Å². The van der Waals surface area contributed by atoms with E-state index in [1.54, 1.807) is 0 Å². The summed E-state index contributed by atoms with van der Waals surface area (Å²) in [4.78, 5) is 12.5. The van der Waals surface area contributed by atoms with Crippen LogP contribution in [0.15, 0.2) is 30.3 Å². The van der Waals surface area contributed by atoms with Crippen molar-refractivity contribution in [3.05, 3.63) is 35.9 Å². The minimum absolute atomic E-state index is 0.0650. The fourth-order valence-corrected chi connectivity index (χ4v) is 2.92. The van der Waals surface area contributed by atoms with E-state index in [1.807, 2.05) is 44.2 Å². The Bertz CT molecular complexity index is 437. The van der Waals surface area contributed by atoms with Gasteiger partial charge in [-0.05, 0) is 20.3 Å². The zero-order chi connectivity index (χ0) is 17.7. The van der Waals surface area contributed by atoms with Crippen LogP contribution in [0.2, 0.25) is 0 Å². The van der Waals surface area contributed by atoms with Crippen LogP contribution in [0.3, 0.4) is 0 Å². The van der Waals surface area contributed by atoms with Gasteiger partial charge in [0, 0.05) is 12.2 Å².